The minimum atomic E-state index is 0.0420. The summed E-state index contributed by atoms with van der Waals surface area (Å²) in [7, 11) is 6.31. The lowest BCUT2D eigenvalue weighted by molar-refractivity contribution is 0.393. The summed E-state index contributed by atoms with van der Waals surface area (Å²) >= 11 is 4.71. The van der Waals surface area contributed by atoms with Crippen LogP contribution in [0.5, 0.6) is 5.75 Å². The molecule has 0 amide bonds. The van der Waals surface area contributed by atoms with Gasteiger partial charge < -0.3 is 9.84 Å². The Kier molecular flexibility index (Phi) is 6.10. The van der Waals surface area contributed by atoms with E-state index in [-0.39, 0.29) is 5.17 Å². The van der Waals surface area contributed by atoms with Crippen LogP contribution in [0.15, 0.2) is 48.5 Å². The fourth-order valence-corrected chi connectivity index (χ4v) is 2.91. The highest BCUT2D eigenvalue weighted by molar-refractivity contribution is 8.04. The molecule has 0 saturated carbocycles. The summed E-state index contributed by atoms with van der Waals surface area (Å²) in [6.07, 6.45) is 0. The van der Waals surface area contributed by atoms with Crippen molar-refractivity contribution in [3.05, 3.63) is 48.5 Å². The molecule has 0 spiro atoms. The van der Waals surface area contributed by atoms with Gasteiger partial charge in [0.15, 0.2) is 0 Å². The van der Waals surface area contributed by atoms with Gasteiger partial charge in [-0.05, 0) is 46.9 Å². The topological polar surface area (TPSA) is 35.9 Å². The molecule has 0 aromatic heterocycles. The molecule has 0 fully saturated rings. The second kappa shape index (κ2) is 8.06. The molecule has 0 bridgehead atoms. The zero-order valence-corrected chi connectivity index (χ0v) is 14.8. The monoisotopic (exact) mass is 346 g/mol. The lowest BCUT2D eigenvalue weighted by atomic mass is 10.0. The van der Waals surface area contributed by atoms with Gasteiger partial charge in [0.1, 0.15) is 5.75 Å². The Hall–Kier alpha value is -1.95. The first kappa shape index (κ1) is 17.4. The minimum Gasteiger partial charge on any atom is -0.497 e. The summed E-state index contributed by atoms with van der Waals surface area (Å²) in [6.45, 7) is 0. The maximum absolute atomic E-state index is 10.3. The molecule has 120 valence electrons. The van der Waals surface area contributed by atoms with Crippen molar-refractivity contribution in [1.82, 2.24) is 5.01 Å². The van der Waals surface area contributed by atoms with Gasteiger partial charge >= 0.3 is 0 Å². The molecule has 1 N–H and O–H groups in total. The van der Waals surface area contributed by atoms with Crippen molar-refractivity contribution in [2.45, 2.75) is 0 Å². The summed E-state index contributed by atoms with van der Waals surface area (Å²) in [5.41, 5.74) is 2.80. The lowest BCUT2D eigenvalue weighted by Crippen LogP contribution is -2.41. The maximum atomic E-state index is 10.3. The van der Waals surface area contributed by atoms with Gasteiger partial charge in [0.05, 0.1) is 12.8 Å². The van der Waals surface area contributed by atoms with Crippen LogP contribution in [0.3, 0.4) is 0 Å². The van der Waals surface area contributed by atoms with E-state index in [0.717, 1.165) is 33.5 Å². The molecule has 0 aliphatic carbocycles. The Morgan fingerprint density at radius 2 is 1.91 bits per heavy atom. The molecule has 6 heteroatoms. The molecule has 0 unspecified atom stereocenters. The number of thiocarbonyl (C=S) groups is 1. The van der Waals surface area contributed by atoms with E-state index in [9.17, 15) is 5.11 Å². The Balaban J connectivity index is 2.64. The number of aliphatic hydroxyl groups excluding tert-OH is 1. The highest BCUT2D eigenvalue weighted by Crippen LogP contribution is 2.33. The molecule has 0 aliphatic rings. The number of benzene rings is 2. The first-order chi connectivity index (χ1) is 11.1. The van der Waals surface area contributed by atoms with Crippen LogP contribution in [0, 0.1) is 0 Å². The van der Waals surface area contributed by atoms with Gasteiger partial charge in [-0.25, -0.2) is 10.0 Å². The van der Waals surface area contributed by atoms with E-state index in [1.807, 2.05) is 62.6 Å². The summed E-state index contributed by atoms with van der Waals surface area (Å²) < 4.78 is 7.78. The molecule has 0 saturated heterocycles. The number of nitrogens with zero attached hydrogens (tertiary/aromatic N) is 2. The molecule has 0 heterocycles. The van der Waals surface area contributed by atoms with Crippen LogP contribution in [0.25, 0.3) is 11.1 Å². The molecular weight excluding hydrogens is 328 g/mol. The van der Waals surface area contributed by atoms with Gasteiger partial charge in [-0.15, -0.1) is 0 Å². The van der Waals surface area contributed by atoms with Gasteiger partial charge in [-0.2, -0.15) is 0 Å². The van der Waals surface area contributed by atoms with E-state index in [1.54, 1.807) is 17.1 Å². The molecule has 4 nitrogen and oxygen atoms in total. The second-order valence-electron chi connectivity index (χ2n) is 4.88. The van der Waals surface area contributed by atoms with Crippen molar-refractivity contribution in [1.29, 1.82) is 0 Å². The first-order valence-corrected chi connectivity index (χ1v) is 8.11. The number of hydrogen-bond acceptors (Lipinski definition) is 3. The van der Waals surface area contributed by atoms with E-state index in [2.05, 4.69) is 4.31 Å². The third-order valence-corrected chi connectivity index (χ3v) is 3.92. The molecule has 2 rings (SSSR count). The van der Waals surface area contributed by atoms with Crippen molar-refractivity contribution in [3.8, 4) is 16.9 Å². The average Bonchev–Trinajstić information content (AvgIpc) is 2.55. The van der Waals surface area contributed by atoms with Crippen molar-refractivity contribution in [3.63, 3.8) is 0 Å². The van der Waals surface area contributed by atoms with Crippen LogP contribution in [-0.4, -0.2) is 40.8 Å². The van der Waals surface area contributed by atoms with Gasteiger partial charge in [-0.3, -0.25) is 0 Å². The van der Waals surface area contributed by atoms with Crippen molar-refractivity contribution < 1.29 is 9.84 Å². The summed E-state index contributed by atoms with van der Waals surface area (Å²) in [4.78, 5) is 0. The highest BCUT2D eigenvalue weighted by Gasteiger charge is 2.17. The molecule has 0 atom stereocenters. The van der Waals surface area contributed by atoms with Gasteiger partial charge in [0, 0.05) is 24.0 Å². The van der Waals surface area contributed by atoms with Crippen LogP contribution in [0.2, 0.25) is 0 Å². The second-order valence-corrected chi connectivity index (χ2v) is 6.11. The summed E-state index contributed by atoms with van der Waals surface area (Å²) in [5, 5.41) is 13.8. The van der Waals surface area contributed by atoms with E-state index in [1.165, 1.54) is 0 Å². The quantitative estimate of drug-likeness (QED) is 0.672. The summed E-state index contributed by atoms with van der Waals surface area (Å²) in [6, 6.07) is 15.6. The minimum absolute atomic E-state index is 0.0420. The molecule has 2 aromatic rings. The largest absolute Gasteiger partial charge is 0.497 e. The number of hydrazine groups is 1. The van der Waals surface area contributed by atoms with E-state index >= 15 is 0 Å². The number of hydrogen-bond donors (Lipinski definition) is 1. The Labute approximate surface area is 145 Å². The van der Waals surface area contributed by atoms with Crippen LogP contribution in [0.4, 0.5) is 5.69 Å². The Morgan fingerprint density at radius 1 is 1.17 bits per heavy atom. The predicted molar refractivity (Wildman–Crippen MR) is 102 cm³/mol. The van der Waals surface area contributed by atoms with E-state index in [0.29, 0.717) is 0 Å². The summed E-state index contributed by atoms with van der Waals surface area (Å²) in [5.74, 6) is 0.781. The molecule has 0 aliphatic heterocycles. The molecular formula is C17H18N2O2S2. The number of aliphatic hydroxyl groups is 1. The smallest absolute Gasteiger partial charge is 0.227 e. The third kappa shape index (κ3) is 4.07. The van der Waals surface area contributed by atoms with Gasteiger partial charge in [0.25, 0.3) is 0 Å². The molecule has 23 heavy (non-hydrogen) atoms. The third-order valence-electron chi connectivity index (χ3n) is 3.23. The van der Waals surface area contributed by atoms with Crippen LogP contribution < -0.4 is 9.75 Å². The maximum Gasteiger partial charge on any atom is 0.227 e. The van der Waals surface area contributed by atoms with Crippen LogP contribution in [-0.2, 0) is 0 Å². The first-order valence-electron chi connectivity index (χ1n) is 6.89. The van der Waals surface area contributed by atoms with Crippen molar-refractivity contribution >= 4 is 38.3 Å². The number of rotatable bonds is 4. The molecule has 2 aromatic carbocycles. The number of methoxy groups -OCH3 is 1. The number of ether oxygens (including phenoxy) is 1. The van der Waals surface area contributed by atoms with E-state index < -0.39 is 0 Å². The number of anilines is 1. The fourth-order valence-electron chi connectivity index (χ4n) is 2.26. The Bertz CT molecular complexity index is 780. The zero-order chi connectivity index (χ0) is 16.8. The highest BCUT2D eigenvalue weighted by atomic mass is 32.1. The van der Waals surface area contributed by atoms with Crippen molar-refractivity contribution in [2.24, 2.45) is 0 Å². The lowest BCUT2D eigenvalue weighted by Gasteiger charge is -2.30. The van der Waals surface area contributed by atoms with E-state index in [4.69, 9.17) is 17.0 Å². The Morgan fingerprint density at radius 3 is 2.57 bits per heavy atom. The fraction of sp³-hybridized carbons (Fsp3) is 0.176. The number of para-hydroxylation sites is 1. The van der Waals surface area contributed by atoms with Gasteiger partial charge in [0.2, 0.25) is 5.17 Å². The average molecular weight is 346 g/mol. The van der Waals surface area contributed by atoms with Crippen LogP contribution >= 0.6 is 23.2 Å². The van der Waals surface area contributed by atoms with Crippen molar-refractivity contribution in [2.75, 3.05) is 26.2 Å². The predicted octanol–water partition coefficient (Wildman–Crippen LogP) is 3.86. The SMILES string of the molecule is COc1cccc(-c2ccccc2N(C(O)=S=C=S)N(C)C)c1. The zero-order valence-electron chi connectivity index (χ0n) is 13.2. The molecule has 0 radical (unpaired) electrons. The van der Waals surface area contributed by atoms with Gasteiger partial charge in [-0.1, -0.05) is 30.3 Å². The standard InChI is InChI=1S/C17H18N2O2S2/c1-18(2)19(17(20)23-12-22)16-10-5-4-9-15(16)13-7-6-8-14(11-13)21-3/h4-11,20H,1-3H3. The normalized spacial score (nSPS) is 10.1. The van der Waals surface area contributed by atoms with Crippen LogP contribution in [0.1, 0.15) is 0 Å².